The van der Waals surface area contributed by atoms with Gasteiger partial charge in [-0.1, -0.05) is 13.2 Å². The molecule has 0 bridgehead atoms. The van der Waals surface area contributed by atoms with Gasteiger partial charge in [-0.25, -0.2) is 0 Å². The van der Waals surface area contributed by atoms with Crippen molar-refractivity contribution >= 4 is 0 Å². The van der Waals surface area contributed by atoms with Crippen LogP contribution in [0.1, 0.15) is 0 Å². The van der Waals surface area contributed by atoms with Crippen molar-refractivity contribution in [2.24, 2.45) is 0 Å². The lowest BCUT2D eigenvalue weighted by atomic mass is 10.6. The third-order valence-corrected chi connectivity index (χ3v) is 0.424. The maximum atomic E-state index is 8.48. The van der Waals surface area contributed by atoms with E-state index in [2.05, 4.69) is 22.9 Å². The summed E-state index contributed by atoms with van der Waals surface area (Å²) >= 11 is 0. The molecule has 0 aliphatic rings. The molecule has 0 saturated carbocycles. The topological polar surface area (TPSA) is 38.7 Å². The van der Waals surface area contributed by atoms with E-state index in [1.54, 1.807) is 0 Å². The minimum absolute atomic E-state index is 1.06. The zero-order valence-electron chi connectivity index (χ0n) is 4.41. The molecule has 0 radical (unpaired) electrons. The van der Waals surface area contributed by atoms with Gasteiger partial charge >= 0.3 is 0 Å². The Morgan fingerprint density at radius 1 is 1.50 bits per heavy atom. The van der Waals surface area contributed by atoms with Gasteiger partial charge in [-0.3, -0.25) is 0 Å². The Morgan fingerprint density at radius 3 is 2.50 bits per heavy atom. The van der Waals surface area contributed by atoms with E-state index >= 15 is 0 Å². The first-order valence-electron chi connectivity index (χ1n) is 2.05. The molecule has 0 heterocycles. The Labute approximate surface area is 47.8 Å². The van der Waals surface area contributed by atoms with Crippen molar-refractivity contribution in [3.8, 4) is 0 Å². The monoisotopic (exact) mass is 116 g/mol. The second-order valence-electron chi connectivity index (χ2n) is 0.985. The van der Waals surface area contributed by atoms with Crippen molar-refractivity contribution in [1.82, 2.24) is 0 Å². The van der Waals surface area contributed by atoms with Crippen LogP contribution < -0.4 is 0 Å². The van der Waals surface area contributed by atoms with E-state index in [1.807, 2.05) is 0 Å². The highest BCUT2D eigenvalue weighted by molar-refractivity contribution is 4.68. The molecule has 0 amide bonds. The summed E-state index contributed by atoms with van der Waals surface area (Å²) < 4.78 is 0. The van der Waals surface area contributed by atoms with Gasteiger partial charge in [0.1, 0.15) is 6.26 Å². The van der Waals surface area contributed by atoms with E-state index in [0.717, 1.165) is 6.26 Å². The maximum Gasteiger partial charge on any atom is 0.219 e. The lowest BCUT2D eigenvalue weighted by molar-refractivity contribution is -0.320. The number of aliphatic hydroxyl groups is 1. The Morgan fingerprint density at radius 2 is 2.12 bits per heavy atom. The number of hydrogen-bond acceptors (Lipinski definition) is 3. The fraction of sp³-hybridized carbons (Fsp3) is 0.200. The summed E-state index contributed by atoms with van der Waals surface area (Å²) in [6.45, 7) is 6.40. The van der Waals surface area contributed by atoms with Gasteiger partial charge in [0.2, 0.25) is 6.29 Å². The third kappa shape index (κ3) is 3.39. The predicted molar refractivity (Wildman–Crippen MR) is 28.6 cm³/mol. The van der Waals surface area contributed by atoms with Gasteiger partial charge in [-0.05, 0) is 6.08 Å². The normalized spacial score (nSPS) is 12.1. The average molecular weight is 116 g/mol. The zero-order valence-corrected chi connectivity index (χ0v) is 4.41. The van der Waals surface area contributed by atoms with Gasteiger partial charge < -0.3 is 9.99 Å². The second-order valence-corrected chi connectivity index (χ2v) is 0.985. The van der Waals surface area contributed by atoms with Gasteiger partial charge in [0.05, 0.1) is 0 Å². The molecule has 0 aliphatic heterocycles. The fourth-order valence-electron chi connectivity index (χ4n) is 0.135. The van der Waals surface area contributed by atoms with E-state index in [-0.39, 0.29) is 0 Å². The molecule has 1 unspecified atom stereocenters. The Hall–Kier alpha value is -0.800. The summed E-state index contributed by atoms with van der Waals surface area (Å²) in [7, 11) is 0. The lowest BCUT2D eigenvalue weighted by Crippen LogP contribution is -2.05. The van der Waals surface area contributed by atoms with E-state index in [9.17, 15) is 0 Å². The van der Waals surface area contributed by atoms with E-state index < -0.39 is 6.29 Å². The Kier molecular flexibility index (Phi) is 3.93. The molecule has 1 N–H and O–H groups in total. The molecule has 0 fully saturated rings. The van der Waals surface area contributed by atoms with Crippen molar-refractivity contribution in [3.63, 3.8) is 0 Å². The highest BCUT2D eigenvalue weighted by Gasteiger charge is 1.93. The average Bonchev–Trinajstić information content (AvgIpc) is 1.83. The van der Waals surface area contributed by atoms with Crippen LogP contribution in [-0.2, 0) is 9.78 Å². The largest absolute Gasteiger partial charge is 0.362 e. The highest BCUT2D eigenvalue weighted by atomic mass is 17.2. The molecule has 0 aliphatic carbocycles. The van der Waals surface area contributed by atoms with Crippen molar-refractivity contribution in [1.29, 1.82) is 0 Å². The van der Waals surface area contributed by atoms with Crippen molar-refractivity contribution in [3.05, 3.63) is 25.5 Å². The minimum Gasteiger partial charge on any atom is -0.362 e. The molecule has 0 aromatic rings. The molecule has 8 heavy (non-hydrogen) atoms. The van der Waals surface area contributed by atoms with Crippen molar-refractivity contribution < 1.29 is 14.9 Å². The van der Waals surface area contributed by atoms with Crippen LogP contribution in [0.3, 0.4) is 0 Å². The van der Waals surface area contributed by atoms with Crippen LogP contribution >= 0.6 is 0 Å². The Balaban J connectivity index is 3.09. The number of aliphatic hydroxyl groups excluding tert-OH is 1. The molecule has 0 saturated heterocycles. The number of hydrogen-bond donors (Lipinski definition) is 1. The van der Waals surface area contributed by atoms with Crippen molar-refractivity contribution in [2.45, 2.75) is 6.29 Å². The summed E-state index contributed by atoms with van der Waals surface area (Å²) in [5.41, 5.74) is 0. The molecule has 1 atom stereocenters. The maximum absolute atomic E-state index is 8.48. The van der Waals surface area contributed by atoms with Crippen LogP contribution in [0, 0.1) is 0 Å². The van der Waals surface area contributed by atoms with E-state index in [4.69, 9.17) is 5.11 Å². The highest BCUT2D eigenvalue weighted by Crippen LogP contribution is 1.87. The molecule has 3 heteroatoms. The first kappa shape index (κ1) is 7.20. The van der Waals surface area contributed by atoms with Crippen molar-refractivity contribution in [2.75, 3.05) is 0 Å². The van der Waals surface area contributed by atoms with Gasteiger partial charge in [0.15, 0.2) is 0 Å². The van der Waals surface area contributed by atoms with Crippen LogP contribution in [-0.4, -0.2) is 11.4 Å². The summed E-state index contributed by atoms with van der Waals surface area (Å²) in [6, 6.07) is 0. The summed E-state index contributed by atoms with van der Waals surface area (Å²) in [5.74, 6) is 0. The summed E-state index contributed by atoms with van der Waals surface area (Å²) in [4.78, 5) is 8.29. The molecule has 46 valence electrons. The quantitative estimate of drug-likeness (QED) is 0.192. The van der Waals surface area contributed by atoms with Crippen LogP contribution in [0.4, 0.5) is 0 Å². The first-order valence-corrected chi connectivity index (χ1v) is 2.05. The van der Waals surface area contributed by atoms with Crippen LogP contribution in [0.15, 0.2) is 25.5 Å². The molecule has 0 aromatic carbocycles. The van der Waals surface area contributed by atoms with Gasteiger partial charge in [-0.2, -0.15) is 4.89 Å². The predicted octanol–water partition coefficient (Wildman–Crippen LogP) is 0.582. The zero-order chi connectivity index (χ0) is 6.41. The summed E-state index contributed by atoms with van der Waals surface area (Å²) in [6.07, 6.45) is 1.17. The number of rotatable bonds is 4. The molecule has 0 spiro atoms. The molecular weight excluding hydrogens is 108 g/mol. The molecule has 3 nitrogen and oxygen atoms in total. The molecule has 0 aromatic heterocycles. The summed E-state index contributed by atoms with van der Waals surface area (Å²) in [5, 5.41) is 8.48. The van der Waals surface area contributed by atoms with Crippen LogP contribution in [0.2, 0.25) is 0 Å². The Bertz CT molecular complexity index is 79.7. The van der Waals surface area contributed by atoms with Crippen LogP contribution in [0.25, 0.3) is 0 Å². The van der Waals surface area contributed by atoms with Gasteiger partial charge in [-0.15, -0.1) is 0 Å². The van der Waals surface area contributed by atoms with Gasteiger partial charge in [0.25, 0.3) is 0 Å². The lowest BCUT2D eigenvalue weighted by Gasteiger charge is -2.01. The molecular formula is C5H8O3. The smallest absolute Gasteiger partial charge is 0.219 e. The van der Waals surface area contributed by atoms with Gasteiger partial charge in [0, 0.05) is 0 Å². The van der Waals surface area contributed by atoms with E-state index in [1.165, 1.54) is 6.08 Å². The third-order valence-electron chi connectivity index (χ3n) is 0.424. The molecule has 0 rings (SSSR count). The van der Waals surface area contributed by atoms with E-state index in [0.29, 0.717) is 0 Å². The first-order chi connectivity index (χ1) is 3.81. The minimum atomic E-state index is -1.08. The standard InChI is InChI=1S/C5H8O3/c1-3-5(6)8-7-4-2/h3-6H,1-2H2. The SMILES string of the molecule is C=COOC(O)C=C. The fourth-order valence-corrected chi connectivity index (χ4v) is 0.135. The van der Waals surface area contributed by atoms with Crippen LogP contribution in [0.5, 0.6) is 0 Å². The second kappa shape index (κ2) is 4.36.